The molecule has 1 fully saturated rings. The molecule has 84 valence electrons. The third-order valence-electron chi connectivity index (χ3n) is 2.42. The molecule has 15 heavy (non-hydrogen) atoms. The van der Waals surface area contributed by atoms with Gasteiger partial charge in [0.15, 0.2) is 11.3 Å². The van der Waals surface area contributed by atoms with E-state index >= 15 is 0 Å². The van der Waals surface area contributed by atoms with Crippen molar-refractivity contribution in [2.75, 3.05) is 0 Å². The Kier molecular flexibility index (Phi) is 4.13. The highest BCUT2D eigenvalue weighted by atomic mass is 16.3. The largest absolute Gasteiger partial charge is 0.441 e. The Morgan fingerprint density at radius 3 is 2.40 bits per heavy atom. The van der Waals surface area contributed by atoms with Crippen LogP contribution in [0.15, 0.2) is 4.42 Å². The molecule has 2 heteroatoms. The fraction of sp³-hybridized carbons (Fsp3) is 0.615. The predicted octanol–water partition coefficient (Wildman–Crippen LogP) is 2.25. The van der Waals surface area contributed by atoms with E-state index in [9.17, 15) is 0 Å². The van der Waals surface area contributed by atoms with Gasteiger partial charge in [0.25, 0.3) is 0 Å². The van der Waals surface area contributed by atoms with Crippen LogP contribution in [0.4, 0.5) is 0 Å². The normalized spacial score (nSPS) is 23.8. The maximum Gasteiger partial charge on any atom is 0.192 e. The summed E-state index contributed by atoms with van der Waals surface area (Å²) in [5, 5.41) is 1.06. The summed E-state index contributed by atoms with van der Waals surface area (Å²) in [4.78, 5) is 4.27. The van der Waals surface area contributed by atoms with Gasteiger partial charge in [-0.1, -0.05) is 33.8 Å². The van der Waals surface area contributed by atoms with E-state index in [0.29, 0.717) is 0 Å². The number of nitrogens with zero attached hydrogens (tertiary/aromatic N) is 1. The van der Waals surface area contributed by atoms with Crippen LogP contribution in [-0.2, 0) is 0 Å². The van der Waals surface area contributed by atoms with Gasteiger partial charge in [-0.25, -0.2) is 4.98 Å². The molecule has 0 amide bonds. The highest BCUT2D eigenvalue weighted by Gasteiger charge is 2.35. The molecule has 2 aliphatic carbocycles. The molecular weight excluding hydrogens is 186 g/mol. The van der Waals surface area contributed by atoms with Crippen molar-refractivity contribution < 1.29 is 4.42 Å². The van der Waals surface area contributed by atoms with E-state index in [4.69, 9.17) is 4.42 Å². The fourth-order valence-corrected chi connectivity index (χ4v) is 1.71. The second kappa shape index (κ2) is 5.15. The summed E-state index contributed by atoms with van der Waals surface area (Å²) in [5.41, 5.74) is 0.987. The molecule has 1 heterocycles. The lowest BCUT2D eigenvalue weighted by molar-refractivity contribution is 0.489. The molecule has 0 radical (unpaired) electrons. The molecule has 1 saturated carbocycles. The zero-order valence-electron chi connectivity index (χ0n) is 10.4. The van der Waals surface area contributed by atoms with Gasteiger partial charge in [-0.05, 0) is 24.3 Å². The zero-order chi connectivity index (χ0) is 11.4. The number of aryl methyl sites for hydroxylation is 1. The first-order valence-corrected chi connectivity index (χ1v) is 6.00. The topological polar surface area (TPSA) is 26.0 Å². The molecule has 1 aromatic heterocycles. The second-order valence-electron chi connectivity index (χ2n) is 3.38. The maximum absolute atomic E-state index is 5.41. The SMILES string of the molecule is CC.CC.Cc1nc2c(o1)=CC1CC1C=2. The van der Waals surface area contributed by atoms with Crippen LogP contribution in [0.3, 0.4) is 0 Å². The summed E-state index contributed by atoms with van der Waals surface area (Å²) in [7, 11) is 0. The van der Waals surface area contributed by atoms with Gasteiger partial charge in [-0.2, -0.15) is 0 Å². The van der Waals surface area contributed by atoms with E-state index in [1.54, 1.807) is 0 Å². The molecule has 0 bridgehead atoms. The Morgan fingerprint density at radius 1 is 1.13 bits per heavy atom. The van der Waals surface area contributed by atoms with Crippen LogP contribution < -0.4 is 10.8 Å². The first kappa shape index (κ1) is 12.0. The fourth-order valence-electron chi connectivity index (χ4n) is 1.71. The van der Waals surface area contributed by atoms with Crippen molar-refractivity contribution >= 4 is 12.2 Å². The van der Waals surface area contributed by atoms with Gasteiger partial charge in [-0.3, -0.25) is 0 Å². The average Bonchev–Trinajstić information content (AvgIpc) is 2.93. The molecule has 2 nitrogen and oxygen atoms in total. The highest BCUT2D eigenvalue weighted by molar-refractivity contribution is 5.45. The molecular formula is C13H21NO. The smallest absolute Gasteiger partial charge is 0.192 e. The lowest BCUT2D eigenvalue weighted by Crippen LogP contribution is -2.24. The van der Waals surface area contributed by atoms with Crippen LogP contribution in [-0.4, -0.2) is 4.98 Å². The van der Waals surface area contributed by atoms with Crippen molar-refractivity contribution in [3.63, 3.8) is 0 Å². The standard InChI is InChI=1S/C9H9NO.2C2H6/c1-5-10-8-3-6-2-7(6)4-9(8)11-5;2*1-2/h3-4,6-7H,2H2,1H3;2*1-2H3. The van der Waals surface area contributed by atoms with Gasteiger partial charge in [0.05, 0.1) is 0 Å². The summed E-state index contributed by atoms with van der Waals surface area (Å²) in [5.74, 6) is 2.31. The lowest BCUT2D eigenvalue weighted by atomic mass is 10.2. The summed E-state index contributed by atoms with van der Waals surface area (Å²) in [6.07, 6.45) is 5.74. The van der Waals surface area contributed by atoms with E-state index in [1.165, 1.54) is 6.42 Å². The third kappa shape index (κ3) is 2.49. The molecule has 0 spiro atoms. The Hall–Kier alpha value is -1.05. The summed E-state index contributed by atoms with van der Waals surface area (Å²) < 4.78 is 5.41. The van der Waals surface area contributed by atoms with Crippen LogP contribution in [0.5, 0.6) is 0 Å². The summed E-state index contributed by atoms with van der Waals surface area (Å²) in [6.45, 7) is 9.89. The van der Waals surface area contributed by atoms with Crippen molar-refractivity contribution in [2.45, 2.75) is 41.0 Å². The maximum atomic E-state index is 5.41. The Bertz CT molecular complexity index is 379. The van der Waals surface area contributed by atoms with Crippen molar-refractivity contribution in [3.05, 3.63) is 16.7 Å². The van der Waals surface area contributed by atoms with Gasteiger partial charge >= 0.3 is 0 Å². The van der Waals surface area contributed by atoms with Gasteiger partial charge in [0.1, 0.15) is 5.35 Å². The van der Waals surface area contributed by atoms with Crippen molar-refractivity contribution in [2.24, 2.45) is 11.8 Å². The molecule has 2 aliphatic rings. The predicted molar refractivity (Wildman–Crippen MR) is 63.7 cm³/mol. The highest BCUT2D eigenvalue weighted by Crippen LogP contribution is 2.41. The molecule has 2 unspecified atom stereocenters. The molecule has 2 atom stereocenters. The zero-order valence-corrected chi connectivity index (χ0v) is 10.4. The van der Waals surface area contributed by atoms with E-state index in [1.807, 2.05) is 34.6 Å². The molecule has 3 rings (SSSR count). The minimum atomic E-state index is 0.759. The van der Waals surface area contributed by atoms with Gasteiger partial charge in [0, 0.05) is 6.92 Å². The quantitative estimate of drug-likeness (QED) is 0.652. The minimum absolute atomic E-state index is 0.759. The van der Waals surface area contributed by atoms with Crippen molar-refractivity contribution in [3.8, 4) is 0 Å². The van der Waals surface area contributed by atoms with Crippen molar-refractivity contribution in [1.29, 1.82) is 0 Å². The van der Waals surface area contributed by atoms with E-state index in [2.05, 4.69) is 17.1 Å². The molecule has 0 N–H and O–H groups in total. The number of aromatic nitrogens is 1. The first-order valence-electron chi connectivity index (χ1n) is 6.00. The number of rotatable bonds is 0. The number of oxazole rings is 1. The van der Waals surface area contributed by atoms with Gasteiger partial charge in [-0.15, -0.1) is 0 Å². The number of hydrogen-bond acceptors (Lipinski definition) is 2. The monoisotopic (exact) mass is 207 g/mol. The molecule has 0 aliphatic heterocycles. The van der Waals surface area contributed by atoms with Gasteiger partial charge < -0.3 is 4.42 Å². The second-order valence-corrected chi connectivity index (χ2v) is 3.38. The Labute approximate surface area is 91.7 Å². The van der Waals surface area contributed by atoms with Crippen LogP contribution in [0.2, 0.25) is 0 Å². The van der Waals surface area contributed by atoms with E-state index in [0.717, 1.165) is 28.5 Å². The van der Waals surface area contributed by atoms with Gasteiger partial charge in [0.2, 0.25) is 0 Å². The Morgan fingerprint density at radius 2 is 1.73 bits per heavy atom. The molecule has 0 aromatic carbocycles. The molecule has 0 saturated heterocycles. The van der Waals surface area contributed by atoms with Crippen LogP contribution >= 0.6 is 0 Å². The number of hydrogen-bond donors (Lipinski definition) is 0. The summed E-state index contributed by atoms with van der Waals surface area (Å²) in [6, 6.07) is 0. The average molecular weight is 207 g/mol. The molecule has 1 aromatic rings. The van der Waals surface area contributed by atoms with Crippen LogP contribution in [0.25, 0.3) is 12.2 Å². The van der Waals surface area contributed by atoms with E-state index < -0.39 is 0 Å². The van der Waals surface area contributed by atoms with Crippen LogP contribution in [0.1, 0.15) is 40.0 Å². The first-order chi connectivity index (χ1) is 7.33. The van der Waals surface area contributed by atoms with E-state index in [-0.39, 0.29) is 0 Å². The third-order valence-corrected chi connectivity index (χ3v) is 2.42. The minimum Gasteiger partial charge on any atom is -0.441 e. The lowest BCUT2D eigenvalue weighted by Gasteiger charge is -1.87. The number of fused-ring (bicyclic) bond motifs is 2. The Balaban J connectivity index is 0.000000255. The summed E-state index contributed by atoms with van der Waals surface area (Å²) >= 11 is 0. The van der Waals surface area contributed by atoms with Crippen molar-refractivity contribution in [1.82, 2.24) is 4.98 Å². The van der Waals surface area contributed by atoms with Crippen LogP contribution in [0, 0.1) is 18.8 Å².